The molecule has 2 aliphatic rings. The van der Waals surface area contributed by atoms with Crippen LogP contribution in [0.3, 0.4) is 0 Å². The first-order valence-electron chi connectivity index (χ1n) is 11.9. The Morgan fingerprint density at radius 3 is 2.54 bits per heavy atom. The molecular formula is C23H35N7O5. The number of ketones is 1. The number of aryl methyl sites for hydroxylation is 1. The molecule has 0 spiro atoms. The van der Waals surface area contributed by atoms with Gasteiger partial charge in [-0.25, -0.2) is 9.79 Å². The van der Waals surface area contributed by atoms with Crippen molar-refractivity contribution in [1.29, 1.82) is 0 Å². The number of carboxylic acids is 2. The lowest BCUT2D eigenvalue weighted by Gasteiger charge is -2.38. The Bertz CT molecular complexity index is 930. The Hall–Kier alpha value is -2.90. The molecule has 0 aliphatic carbocycles. The second kappa shape index (κ2) is 11.7. The van der Waals surface area contributed by atoms with Gasteiger partial charge < -0.3 is 21.4 Å². The SMILES string of the molecule is N[C@@H](CCCCNC1(N)N=CNN1)C(=O)[C@@]1(C(=O)O)CCCN1C(CCc1ccccc1)C(=O)O. The molecular weight excluding hydrogens is 454 g/mol. The van der Waals surface area contributed by atoms with Crippen LogP contribution in [0.5, 0.6) is 0 Å². The third-order valence-corrected chi connectivity index (χ3v) is 6.67. The molecule has 12 heteroatoms. The standard InChI is InChI=1S/C23H35N7O5/c24-17(9-4-5-13-26-23(25)27-15-28-29-23)19(31)22(21(34)35)12-6-14-30(22)18(20(32)33)11-10-16-7-2-1-3-8-16/h1-3,7-8,15,17-18,26,29H,4-6,9-14,24-25H2,(H,27,28)(H,32,33)(H,34,35)/t17-,18?,22+,23?/m0/s1. The molecule has 0 radical (unpaired) electrons. The van der Waals surface area contributed by atoms with E-state index in [1.54, 1.807) is 0 Å². The van der Waals surface area contributed by atoms with Gasteiger partial charge in [-0.15, -0.1) is 0 Å². The summed E-state index contributed by atoms with van der Waals surface area (Å²) >= 11 is 0. The molecule has 2 unspecified atom stereocenters. The second-order valence-electron chi connectivity index (χ2n) is 9.03. The summed E-state index contributed by atoms with van der Waals surface area (Å²) in [6, 6.07) is 7.25. The number of carboxylic acid groups (broad SMARTS) is 2. The summed E-state index contributed by atoms with van der Waals surface area (Å²) in [6.07, 6.45) is 3.99. The van der Waals surface area contributed by atoms with Gasteiger partial charge in [0.1, 0.15) is 12.4 Å². The van der Waals surface area contributed by atoms with Crippen LogP contribution in [0.25, 0.3) is 0 Å². The molecule has 2 aliphatic heterocycles. The summed E-state index contributed by atoms with van der Waals surface area (Å²) in [5.74, 6) is -4.22. The van der Waals surface area contributed by atoms with Crippen LogP contribution in [0.15, 0.2) is 35.3 Å². The summed E-state index contributed by atoms with van der Waals surface area (Å²) in [5, 5.41) is 23.1. The van der Waals surface area contributed by atoms with Crippen LogP contribution in [0.1, 0.15) is 44.1 Å². The smallest absolute Gasteiger partial charge is 0.332 e. The van der Waals surface area contributed by atoms with Crippen molar-refractivity contribution in [2.45, 2.75) is 68.5 Å². The molecule has 9 N–H and O–H groups in total. The van der Waals surface area contributed by atoms with Gasteiger partial charge >= 0.3 is 11.9 Å². The number of hydrogen-bond donors (Lipinski definition) is 7. The molecule has 1 fully saturated rings. The number of nitrogens with one attached hydrogen (secondary N) is 3. The molecule has 1 aromatic rings. The molecule has 3 rings (SSSR count). The van der Waals surface area contributed by atoms with E-state index in [-0.39, 0.29) is 25.8 Å². The van der Waals surface area contributed by atoms with Crippen LogP contribution >= 0.6 is 0 Å². The van der Waals surface area contributed by atoms with Gasteiger partial charge in [-0.3, -0.25) is 25.5 Å². The first-order valence-corrected chi connectivity index (χ1v) is 11.9. The molecule has 1 aromatic carbocycles. The highest BCUT2D eigenvalue weighted by Crippen LogP contribution is 2.35. The van der Waals surface area contributed by atoms with E-state index in [1.165, 1.54) is 11.2 Å². The number of carbonyl (C=O) groups is 3. The van der Waals surface area contributed by atoms with E-state index in [0.717, 1.165) is 5.56 Å². The second-order valence-corrected chi connectivity index (χ2v) is 9.03. The number of aliphatic imine (C=N–C) groups is 1. The summed E-state index contributed by atoms with van der Waals surface area (Å²) in [5.41, 5.74) is 16.5. The monoisotopic (exact) mass is 489 g/mol. The van der Waals surface area contributed by atoms with Gasteiger partial charge in [0.05, 0.1) is 6.04 Å². The van der Waals surface area contributed by atoms with Crippen molar-refractivity contribution in [2.75, 3.05) is 13.1 Å². The number of carbonyl (C=O) groups excluding carboxylic acids is 1. The first-order chi connectivity index (χ1) is 16.7. The maximum Gasteiger partial charge on any atom is 0.332 e. The largest absolute Gasteiger partial charge is 0.480 e. The zero-order chi connectivity index (χ0) is 25.5. The maximum absolute atomic E-state index is 13.4. The molecule has 0 aromatic heterocycles. The molecule has 192 valence electrons. The molecule has 0 saturated carbocycles. The fourth-order valence-corrected chi connectivity index (χ4v) is 4.83. The Morgan fingerprint density at radius 1 is 1.17 bits per heavy atom. The van der Waals surface area contributed by atoms with Crippen LogP contribution in [-0.2, 0) is 20.8 Å². The Morgan fingerprint density at radius 2 is 1.91 bits per heavy atom. The minimum Gasteiger partial charge on any atom is -0.480 e. The van der Waals surface area contributed by atoms with Gasteiger partial charge in [0.25, 0.3) is 0 Å². The number of nitrogens with zero attached hydrogens (tertiary/aromatic N) is 2. The molecule has 4 atom stereocenters. The lowest BCUT2D eigenvalue weighted by molar-refractivity contribution is -0.161. The molecule has 12 nitrogen and oxygen atoms in total. The number of nitrogens with two attached hydrogens (primary N) is 2. The third-order valence-electron chi connectivity index (χ3n) is 6.67. The topological polar surface area (TPSA) is 195 Å². The predicted octanol–water partition coefficient (Wildman–Crippen LogP) is -0.646. The van der Waals surface area contributed by atoms with Gasteiger partial charge in [-0.2, -0.15) is 5.43 Å². The van der Waals surface area contributed by atoms with Crippen molar-refractivity contribution in [3.8, 4) is 0 Å². The van der Waals surface area contributed by atoms with E-state index in [9.17, 15) is 24.6 Å². The Kier molecular flexibility index (Phi) is 8.92. The molecule has 35 heavy (non-hydrogen) atoms. The van der Waals surface area contributed by atoms with Crippen molar-refractivity contribution >= 4 is 24.1 Å². The summed E-state index contributed by atoms with van der Waals surface area (Å²) in [4.78, 5) is 43.4. The minimum absolute atomic E-state index is 0.0396. The number of unbranched alkanes of at least 4 members (excludes halogenated alkanes) is 1. The third kappa shape index (κ3) is 6.21. The number of aliphatic carboxylic acids is 2. The van der Waals surface area contributed by atoms with Crippen LogP contribution in [0, 0.1) is 0 Å². The lowest BCUT2D eigenvalue weighted by atomic mass is 9.84. The maximum atomic E-state index is 13.4. The summed E-state index contributed by atoms with van der Waals surface area (Å²) < 4.78 is 0. The normalized spacial score (nSPS) is 25.8. The molecule has 0 amide bonds. The van der Waals surface area contributed by atoms with Gasteiger partial charge in [-0.05, 0) is 50.6 Å². The van der Waals surface area contributed by atoms with E-state index in [1.807, 2.05) is 30.3 Å². The van der Waals surface area contributed by atoms with E-state index >= 15 is 0 Å². The van der Waals surface area contributed by atoms with E-state index in [4.69, 9.17) is 11.5 Å². The van der Waals surface area contributed by atoms with Gasteiger partial charge in [0.2, 0.25) is 5.91 Å². The fraction of sp³-hybridized carbons (Fsp3) is 0.565. The lowest BCUT2D eigenvalue weighted by Crippen LogP contribution is -2.64. The molecule has 0 bridgehead atoms. The van der Waals surface area contributed by atoms with Crippen LogP contribution in [0.2, 0.25) is 0 Å². The highest BCUT2D eigenvalue weighted by molar-refractivity contribution is 6.10. The Labute approximate surface area is 204 Å². The average Bonchev–Trinajstić information content (AvgIpc) is 3.46. The van der Waals surface area contributed by atoms with E-state index < -0.39 is 41.3 Å². The molecule has 1 saturated heterocycles. The number of rotatable bonds is 14. The van der Waals surface area contributed by atoms with Gasteiger partial charge in [0.15, 0.2) is 11.3 Å². The highest BCUT2D eigenvalue weighted by Gasteiger charge is 2.57. The number of benzene rings is 1. The summed E-state index contributed by atoms with van der Waals surface area (Å²) in [6.45, 7) is 0.709. The number of hydrogen-bond acceptors (Lipinski definition) is 10. The summed E-state index contributed by atoms with van der Waals surface area (Å²) in [7, 11) is 0. The Balaban J connectivity index is 1.63. The van der Waals surface area contributed by atoms with Gasteiger partial charge in [-0.1, -0.05) is 36.8 Å². The number of hydrazine groups is 1. The zero-order valence-electron chi connectivity index (χ0n) is 19.7. The average molecular weight is 490 g/mol. The fourth-order valence-electron chi connectivity index (χ4n) is 4.83. The van der Waals surface area contributed by atoms with Crippen molar-refractivity contribution in [1.82, 2.24) is 21.1 Å². The zero-order valence-corrected chi connectivity index (χ0v) is 19.7. The van der Waals surface area contributed by atoms with Gasteiger partial charge in [0, 0.05) is 6.54 Å². The number of Topliss-reactive ketones (excluding diaryl/α,β-unsaturated/α-hetero) is 1. The molecule has 2 heterocycles. The van der Waals surface area contributed by atoms with Crippen molar-refractivity contribution in [3.63, 3.8) is 0 Å². The highest BCUT2D eigenvalue weighted by atomic mass is 16.4. The number of likely N-dealkylation sites (tertiary alicyclic amines) is 1. The van der Waals surface area contributed by atoms with Crippen LogP contribution in [-0.4, -0.2) is 75.8 Å². The van der Waals surface area contributed by atoms with Crippen molar-refractivity contribution in [2.24, 2.45) is 16.5 Å². The van der Waals surface area contributed by atoms with Crippen molar-refractivity contribution < 1.29 is 24.6 Å². The van der Waals surface area contributed by atoms with E-state index in [0.29, 0.717) is 32.2 Å². The minimum atomic E-state index is -1.94. The van der Waals surface area contributed by atoms with Crippen LogP contribution < -0.4 is 27.6 Å². The predicted molar refractivity (Wildman–Crippen MR) is 129 cm³/mol. The van der Waals surface area contributed by atoms with E-state index in [2.05, 4.69) is 21.2 Å². The van der Waals surface area contributed by atoms with Crippen LogP contribution in [0.4, 0.5) is 0 Å². The quantitative estimate of drug-likeness (QED) is 0.0997. The van der Waals surface area contributed by atoms with Crippen molar-refractivity contribution in [3.05, 3.63) is 35.9 Å². The first kappa shape index (κ1) is 26.7.